The van der Waals surface area contributed by atoms with Crippen LogP contribution in [0.2, 0.25) is 0 Å². The number of aromatic amines is 1. The summed E-state index contributed by atoms with van der Waals surface area (Å²) >= 11 is 0. The maximum atomic E-state index is 12.5. The third kappa shape index (κ3) is 6.13. The second kappa shape index (κ2) is 9.90. The molecule has 0 spiro atoms. The number of aryl methyl sites for hydroxylation is 1. The molecule has 9 nitrogen and oxygen atoms in total. The molecule has 0 saturated carbocycles. The van der Waals surface area contributed by atoms with Crippen molar-refractivity contribution in [3.63, 3.8) is 0 Å². The van der Waals surface area contributed by atoms with Gasteiger partial charge in [-0.15, -0.1) is 0 Å². The van der Waals surface area contributed by atoms with Crippen LogP contribution in [0.5, 0.6) is 0 Å². The van der Waals surface area contributed by atoms with Crippen LogP contribution in [-0.4, -0.2) is 71.1 Å². The van der Waals surface area contributed by atoms with Crippen molar-refractivity contribution >= 4 is 23.5 Å². The minimum absolute atomic E-state index is 0.0263. The van der Waals surface area contributed by atoms with Crippen LogP contribution in [0.1, 0.15) is 16.8 Å². The Kier molecular flexibility index (Phi) is 7.23. The molecule has 1 aromatic carbocycles. The van der Waals surface area contributed by atoms with Gasteiger partial charge in [0.25, 0.3) is 0 Å². The molecule has 1 fully saturated rings. The Hall–Kier alpha value is -3.28. The van der Waals surface area contributed by atoms with Crippen molar-refractivity contribution in [3.8, 4) is 0 Å². The molecule has 32 heavy (non-hydrogen) atoms. The van der Waals surface area contributed by atoms with E-state index in [9.17, 15) is 18.0 Å². The van der Waals surface area contributed by atoms with Crippen molar-refractivity contribution in [2.75, 3.05) is 42.9 Å². The number of hydrogen-bond donors (Lipinski definition) is 4. The third-order valence-corrected chi connectivity index (χ3v) is 5.17. The fourth-order valence-electron chi connectivity index (χ4n) is 3.47. The highest BCUT2D eigenvalue weighted by atomic mass is 19.4. The minimum atomic E-state index is -5.08. The molecule has 3 heterocycles. The number of aliphatic carboxylic acids is 1. The van der Waals surface area contributed by atoms with Crippen molar-refractivity contribution in [1.82, 2.24) is 20.4 Å². The number of nitrogens with zero attached hydrogens (tertiary/aromatic N) is 3. The monoisotopic (exact) mass is 454 g/mol. The van der Waals surface area contributed by atoms with E-state index in [1.54, 1.807) is 0 Å². The van der Waals surface area contributed by atoms with Crippen molar-refractivity contribution in [2.24, 2.45) is 0 Å². The van der Waals surface area contributed by atoms with E-state index >= 15 is 0 Å². The van der Waals surface area contributed by atoms with E-state index in [4.69, 9.17) is 9.90 Å². The summed E-state index contributed by atoms with van der Waals surface area (Å²) in [5, 5.41) is 20.8. The SMILES string of the molecule is Cc1cc(N2CCN(C(=O)Nc3ccc4c(c3)CNCC4)CC2)n[nH]1.O=C(O)C(F)(F)F. The second-order valence-electron chi connectivity index (χ2n) is 7.53. The molecule has 0 aliphatic carbocycles. The zero-order valence-electron chi connectivity index (χ0n) is 17.5. The predicted molar refractivity (Wildman–Crippen MR) is 112 cm³/mol. The van der Waals surface area contributed by atoms with Gasteiger partial charge < -0.3 is 25.5 Å². The first kappa shape index (κ1) is 23.4. The number of halogens is 3. The Morgan fingerprint density at radius 1 is 1.12 bits per heavy atom. The first-order valence-electron chi connectivity index (χ1n) is 10.1. The van der Waals surface area contributed by atoms with Crippen LogP contribution in [0.3, 0.4) is 0 Å². The van der Waals surface area contributed by atoms with Crippen LogP contribution in [0, 0.1) is 6.92 Å². The summed E-state index contributed by atoms with van der Waals surface area (Å²) in [5.41, 5.74) is 4.58. The fourth-order valence-corrected chi connectivity index (χ4v) is 3.47. The first-order chi connectivity index (χ1) is 15.1. The molecule has 0 bridgehead atoms. The van der Waals surface area contributed by atoms with E-state index in [2.05, 4.69) is 37.9 Å². The number of H-pyrrole nitrogens is 1. The van der Waals surface area contributed by atoms with E-state index in [1.807, 2.05) is 24.0 Å². The number of hydrogen-bond acceptors (Lipinski definition) is 5. The van der Waals surface area contributed by atoms with Crippen LogP contribution in [0.15, 0.2) is 24.3 Å². The molecule has 0 unspecified atom stereocenters. The Bertz CT molecular complexity index is 954. The molecule has 4 N–H and O–H groups in total. The number of urea groups is 1. The van der Waals surface area contributed by atoms with Gasteiger partial charge in [-0.25, -0.2) is 9.59 Å². The zero-order valence-corrected chi connectivity index (χ0v) is 17.5. The van der Waals surface area contributed by atoms with Crippen LogP contribution >= 0.6 is 0 Å². The van der Waals surface area contributed by atoms with Crippen molar-refractivity contribution in [2.45, 2.75) is 26.1 Å². The lowest BCUT2D eigenvalue weighted by Gasteiger charge is -2.34. The van der Waals surface area contributed by atoms with Crippen LogP contribution in [0.4, 0.5) is 29.5 Å². The Balaban J connectivity index is 0.000000360. The molecule has 174 valence electrons. The molecule has 0 radical (unpaired) electrons. The van der Waals surface area contributed by atoms with Gasteiger partial charge in [-0.1, -0.05) is 6.07 Å². The molecule has 2 aliphatic heterocycles. The smallest absolute Gasteiger partial charge is 0.475 e. The van der Waals surface area contributed by atoms with Gasteiger partial charge in [-0.05, 0) is 43.1 Å². The highest BCUT2D eigenvalue weighted by Crippen LogP contribution is 2.20. The van der Waals surface area contributed by atoms with Gasteiger partial charge in [0, 0.05) is 50.2 Å². The van der Waals surface area contributed by atoms with Gasteiger partial charge in [0.15, 0.2) is 5.82 Å². The van der Waals surface area contributed by atoms with Gasteiger partial charge in [-0.3, -0.25) is 5.10 Å². The number of rotatable bonds is 2. The average Bonchev–Trinajstić information content (AvgIpc) is 3.20. The van der Waals surface area contributed by atoms with Crippen LogP contribution in [0.25, 0.3) is 0 Å². The van der Waals surface area contributed by atoms with Crippen molar-refractivity contribution < 1.29 is 27.9 Å². The number of nitrogens with one attached hydrogen (secondary N) is 3. The van der Waals surface area contributed by atoms with E-state index < -0.39 is 12.1 Å². The number of piperazine rings is 1. The Morgan fingerprint density at radius 2 is 1.81 bits per heavy atom. The lowest BCUT2D eigenvalue weighted by atomic mass is 10.0. The van der Waals surface area contributed by atoms with E-state index in [-0.39, 0.29) is 6.03 Å². The largest absolute Gasteiger partial charge is 0.490 e. The molecule has 12 heteroatoms. The summed E-state index contributed by atoms with van der Waals surface area (Å²) in [6.07, 6.45) is -4.03. The Labute approximate surface area is 182 Å². The predicted octanol–water partition coefficient (Wildman–Crippen LogP) is 2.35. The number of carbonyl (C=O) groups is 2. The van der Waals surface area contributed by atoms with Gasteiger partial charge in [0.2, 0.25) is 0 Å². The number of carboxylic acids is 1. The van der Waals surface area contributed by atoms with Gasteiger partial charge in [0.1, 0.15) is 0 Å². The minimum Gasteiger partial charge on any atom is -0.475 e. The van der Waals surface area contributed by atoms with E-state index in [1.165, 1.54) is 11.1 Å². The quantitative estimate of drug-likeness (QED) is 0.554. The molecule has 2 aromatic rings. The number of carbonyl (C=O) groups excluding carboxylic acids is 1. The summed E-state index contributed by atoms with van der Waals surface area (Å²) in [4.78, 5) is 25.5. The number of alkyl halides is 3. The Morgan fingerprint density at radius 3 is 2.41 bits per heavy atom. The van der Waals surface area contributed by atoms with Gasteiger partial charge >= 0.3 is 18.2 Å². The normalized spacial score (nSPS) is 16.0. The number of amides is 2. The average molecular weight is 454 g/mol. The number of aromatic nitrogens is 2. The van der Waals surface area contributed by atoms with Crippen LogP contribution in [-0.2, 0) is 17.8 Å². The fraction of sp³-hybridized carbons (Fsp3) is 0.450. The van der Waals surface area contributed by atoms with Crippen molar-refractivity contribution in [3.05, 3.63) is 41.1 Å². The molecule has 4 rings (SSSR count). The molecule has 1 saturated heterocycles. The van der Waals surface area contributed by atoms with Gasteiger partial charge in [0.05, 0.1) is 0 Å². The zero-order chi connectivity index (χ0) is 23.3. The number of fused-ring (bicyclic) bond motifs is 1. The van der Waals surface area contributed by atoms with Crippen LogP contribution < -0.4 is 15.5 Å². The van der Waals surface area contributed by atoms with Gasteiger partial charge in [-0.2, -0.15) is 18.3 Å². The summed E-state index contributed by atoms with van der Waals surface area (Å²) < 4.78 is 31.7. The standard InChI is InChI=1S/C18H24N6O.C2HF3O2/c1-13-10-17(22-21-13)23-6-8-24(9-7-23)18(25)20-16-3-2-14-4-5-19-12-15(14)11-16;3-2(4,5)1(6)7/h2-3,10-11,19H,4-9,12H2,1H3,(H,20,25)(H,21,22);(H,6,7). The summed E-state index contributed by atoms with van der Waals surface area (Å²) in [6.45, 7) is 6.89. The third-order valence-electron chi connectivity index (χ3n) is 5.17. The molecule has 2 aliphatic rings. The highest BCUT2D eigenvalue weighted by Gasteiger charge is 2.38. The number of carboxylic acid groups (broad SMARTS) is 1. The maximum Gasteiger partial charge on any atom is 0.490 e. The topological polar surface area (TPSA) is 114 Å². The number of anilines is 2. The number of benzene rings is 1. The molecule has 1 aromatic heterocycles. The second-order valence-corrected chi connectivity index (χ2v) is 7.53. The van der Waals surface area contributed by atoms with E-state index in [0.717, 1.165) is 49.8 Å². The lowest BCUT2D eigenvalue weighted by molar-refractivity contribution is -0.192. The van der Waals surface area contributed by atoms with Crippen molar-refractivity contribution in [1.29, 1.82) is 0 Å². The molecular formula is C20H25F3N6O3. The van der Waals surface area contributed by atoms with E-state index in [0.29, 0.717) is 13.1 Å². The molecule has 2 amide bonds. The summed E-state index contributed by atoms with van der Waals surface area (Å²) in [5.74, 6) is -1.80. The summed E-state index contributed by atoms with van der Waals surface area (Å²) in [7, 11) is 0. The lowest BCUT2D eigenvalue weighted by Crippen LogP contribution is -2.50. The maximum absolute atomic E-state index is 12.5. The molecular weight excluding hydrogens is 429 g/mol. The summed E-state index contributed by atoms with van der Waals surface area (Å²) in [6, 6.07) is 8.23. The first-order valence-corrected chi connectivity index (χ1v) is 10.1. The molecule has 0 atom stereocenters. The highest BCUT2D eigenvalue weighted by molar-refractivity contribution is 5.89.